The summed E-state index contributed by atoms with van der Waals surface area (Å²) in [5.74, 6) is 0.185. The molecule has 0 bridgehead atoms. The van der Waals surface area contributed by atoms with Crippen molar-refractivity contribution < 1.29 is 9.53 Å². The van der Waals surface area contributed by atoms with E-state index in [-0.39, 0.29) is 5.97 Å². The maximum Gasteiger partial charge on any atom is 0.330 e. The number of aromatic nitrogens is 3. The van der Waals surface area contributed by atoms with Gasteiger partial charge in [-0.3, -0.25) is 0 Å². The standard InChI is InChI=1S/C18H27N3O2/c1-23-17(22)13-12-16-18(14-8-4-2-5-9-14)21(20-19-16)15-10-6-3-7-11-15/h12-15H,2-11H2,1H3/b13-12-. The molecule has 2 aliphatic carbocycles. The molecule has 0 amide bonds. The third kappa shape index (κ3) is 3.82. The molecular weight excluding hydrogens is 290 g/mol. The highest BCUT2D eigenvalue weighted by Crippen LogP contribution is 2.37. The Hall–Kier alpha value is -1.65. The molecule has 0 aliphatic heterocycles. The van der Waals surface area contributed by atoms with Crippen molar-refractivity contribution in [1.29, 1.82) is 0 Å². The molecule has 0 spiro atoms. The number of hydrogen-bond donors (Lipinski definition) is 0. The number of rotatable bonds is 4. The first-order chi connectivity index (χ1) is 11.3. The lowest BCUT2D eigenvalue weighted by atomic mass is 9.85. The Labute approximate surface area is 138 Å². The number of methoxy groups -OCH3 is 1. The second-order valence-electron chi connectivity index (χ2n) is 6.79. The molecule has 1 heterocycles. The van der Waals surface area contributed by atoms with Gasteiger partial charge in [-0.25, -0.2) is 9.48 Å². The Morgan fingerprint density at radius 2 is 1.74 bits per heavy atom. The van der Waals surface area contributed by atoms with Crippen LogP contribution in [0.25, 0.3) is 6.08 Å². The molecule has 0 saturated heterocycles. The third-order valence-corrected chi connectivity index (χ3v) is 5.25. The van der Waals surface area contributed by atoms with Crippen LogP contribution in [-0.2, 0) is 9.53 Å². The summed E-state index contributed by atoms with van der Waals surface area (Å²) in [5.41, 5.74) is 2.10. The number of carbonyl (C=O) groups is 1. The fraction of sp³-hybridized carbons (Fsp3) is 0.722. The topological polar surface area (TPSA) is 57.0 Å². The van der Waals surface area contributed by atoms with Crippen LogP contribution < -0.4 is 0 Å². The van der Waals surface area contributed by atoms with Crippen LogP contribution >= 0.6 is 0 Å². The molecule has 1 aromatic rings. The van der Waals surface area contributed by atoms with Crippen molar-refractivity contribution in [3.05, 3.63) is 17.5 Å². The SMILES string of the molecule is COC(=O)/C=C\c1nnn(C2CCCCC2)c1C1CCCCC1. The van der Waals surface area contributed by atoms with Gasteiger partial charge >= 0.3 is 5.97 Å². The van der Waals surface area contributed by atoms with Gasteiger partial charge in [-0.1, -0.05) is 43.7 Å². The van der Waals surface area contributed by atoms with Crippen molar-refractivity contribution in [3.8, 4) is 0 Å². The zero-order chi connectivity index (χ0) is 16.1. The lowest BCUT2D eigenvalue weighted by Gasteiger charge is -2.28. The number of esters is 1. The lowest BCUT2D eigenvalue weighted by Crippen LogP contribution is -2.20. The molecule has 0 N–H and O–H groups in total. The molecule has 0 unspecified atom stereocenters. The molecule has 5 nitrogen and oxygen atoms in total. The normalized spacial score (nSPS) is 20.9. The second-order valence-corrected chi connectivity index (χ2v) is 6.79. The van der Waals surface area contributed by atoms with E-state index in [4.69, 9.17) is 4.74 Å². The highest BCUT2D eigenvalue weighted by atomic mass is 16.5. The largest absolute Gasteiger partial charge is 0.466 e. The molecule has 0 radical (unpaired) electrons. The van der Waals surface area contributed by atoms with E-state index in [1.54, 1.807) is 6.08 Å². The van der Waals surface area contributed by atoms with Gasteiger partial charge in [-0.15, -0.1) is 5.10 Å². The Bertz CT molecular complexity index is 553. The van der Waals surface area contributed by atoms with Gasteiger partial charge in [0.05, 0.1) is 18.8 Å². The van der Waals surface area contributed by atoms with E-state index in [0.717, 1.165) is 5.69 Å². The monoisotopic (exact) mass is 317 g/mol. The minimum Gasteiger partial charge on any atom is -0.466 e. The molecule has 2 saturated carbocycles. The van der Waals surface area contributed by atoms with Crippen LogP contribution in [0.5, 0.6) is 0 Å². The van der Waals surface area contributed by atoms with Crippen molar-refractivity contribution in [3.63, 3.8) is 0 Å². The summed E-state index contributed by atoms with van der Waals surface area (Å²) in [6.45, 7) is 0. The van der Waals surface area contributed by atoms with E-state index in [0.29, 0.717) is 12.0 Å². The zero-order valence-corrected chi connectivity index (χ0v) is 14.0. The molecule has 2 fully saturated rings. The summed E-state index contributed by atoms with van der Waals surface area (Å²) < 4.78 is 6.89. The van der Waals surface area contributed by atoms with E-state index in [9.17, 15) is 4.79 Å². The lowest BCUT2D eigenvalue weighted by molar-refractivity contribution is -0.134. The minimum atomic E-state index is -0.341. The fourth-order valence-corrected chi connectivity index (χ4v) is 4.01. The number of carbonyl (C=O) groups excluding carboxylic acids is 1. The first-order valence-corrected chi connectivity index (χ1v) is 9.00. The Morgan fingerprint density at radius 1 is 1.09 bits per heavy atom. The van der Waals surface area contributed by atoms with Gasteiger partial charge in [0.15, 0.2) is 0 Å². The third-order valence-electron chi connectivity index (χ3n) is 5.25. The minimum absolute atomic E-state index is 0.341. The van der Waals surface area contributed by atoms with Gasteiger partial charge in [0, 0.05) is 12.0 Å². The predicted molar refractivity (Wildman–Crippen MR) is 89.0 cm³/mol. The van der Waals surface area contributed by atoms with Crippen molar-refractivity contribution in [2.45, 2.75) is 76.2 Å². The van der Waals surface area contributed by atoms with Gasteiger partial charge < -0.3 is 4.74 Å². The van der Waals surface area contributed by atoms with Crippen LogP contribution in [0.1, 0.15) is 87.6 Å². The Morgan fingerprint density at radius 3 is 2.39 bits per heavy atom. The molecule has 1 aromatic heterocycles. The molecule has 0 aromatic carbocycles. The molecular formula is C18H27N3O2. The summed E-state index contributed by atoms with van der Waals surface area (Å²) in [5, 5.41) is 8.87. The number of ether oxygens (including phenoxy) is 1. The molecule has 5 heteroatoms. The maximum atomic E-state index is 11.4. The van der Waals surface area contributed by atoms with Crippen molar-refractivity contribution in [2.75, 3.05) is 7.11 Å². The van der Waals surface area contributed by atoms with Gasteiger partial charge in [0.25, 0.3) is 0 Å². The Balaban J connectivity index is 1.90. The molecule has 3 rings (SSSR count). The molecule has 126 valence electrons. The van der Waals surface area contributed by atoms with Crippen LogP contribution in [0, 0.1) is 0 Å². The van der Waals surface area contributed by atoms with Crippen LogP contribution in [-0.4, -0.2) is 28.1 Å². The van der Waals surface area contributed by atoms with E-state index >= 15 is 0 Å². The first kappa shape index (κ1) is 16.2. The fourth-order valence-electron chi connectivity index (χ4n) is 4.01. The number of hydrogen-bond acceptors (Lipinski definition) is 4. The summed E-state index contributed by atoms with van der Waals surface area (Å²) in [7, 11) is 1.40. The van der Waals surface area contributed by atoms with Gasteiger partial charge in [-0.05, 0) is 31.8 Å². The average molecular weight is 317 g/mol. The molecule has 2 aliphatic rings. The first-order valence-electron chi connectivity index (χ1n) is 9.00. The van der Waals surface area contributed by atoms with Crippen LogP contribution in [0.4, 0.5) is 0 Å². The highest BCUT2D eigenvalue weighted by molar-refractivity contribution is 5.86. The summed E-state index contributed by atoms with van der Waals surface area (Å²) >= 11 is 0. The maximum absolute atomic E-state index is 11.4. The van der Waals surface area contributed by atoms with E-state index < -0.39 is 0 Å². The van der Waals surface area contributed by atoms with Gasteiger partial charge in [0.2, 0.25) is 0 Å². The smallest absolute Gasteiger partial charge is 0.330 e. The van der Waals surface area contributed by atoms with E-state index in [1.165, 1.54) is 83.1 Å². The predicted octanol–water partition coefficient (Wildman–Crippen LogP) is 4.02. The highest BCUT2D eigenvalue weighted by Gasteiger charge is 2.27. The van der Waals surface area contributed by atoms with Gasteiger partial charge in [0.1, 0.15) is 5.69 Å². The van der Waals surface area contributed by atoms with E-state index in [1.807, 2.05) is 0 Å². The summed E-state index contributed by atoms with van der Waals surface area (Å²) in [4.78, 5) is 11.4. The van der Waals surface area contributed by atoms with Crippen LogP contribution in [0.3, 0.4) is 0 Å². The molecule has 0 atom stereocenters. The number of nitrogens with zero attached hydrogens (tertiary/aromatic N) is 3. The van der Waals surface area contributed by atoms with Crippen LogP contribution in [0.2, 0.25) is 0 Å². The zero-order valence-electron chi connectivity index (χ0n) is 14.0. The summed E-state index contributed by atoms with van der Waals surface area (Å²) in [6, 6.07) is 0.480. The van der Waals surface area contributed by atoms with Crippen molar-refractivity contribution in [2.24, 2.45) is 0 Å². The Kier molecular flexibility index (Phi) is 5.47. The second kappa shape index (κ2) is 7.75. The van der Waals surface area contributed by atoms with Crippen molar-refractivity contribution in [1.82, 2.24) is 15.0 Å². The molecule has 23 heavy (non-hydrogen) atoms. The van der Waals surface area contributed by atoms with Crippen LogP contribution in [0.15, 0.2) is 6.08 Å². The van der Waals surface area contributed by atoms with E-state index in [2.05, 4.69) is 15.0 Å². The van der Waals surface area contributed by atoms with Crippen molar-refractivity contribution >= 4 is 12.0 Å². The summed E-state index contributed by atoms with van der Waals surface area (Å²) in [6.07, 6.45) is 15.8. The van der Waals surface area contributed by atoms with Gasteiger partial charge in [-0.2, -0.15) is 0 Å². The quantitative estimate of drug-likeness (QED) is 0.622. The average Bonchev–Trinajstić information content (AvgIpc) is 3.05.